The van der Waals surface area contributed by atoms with Crippen LogP contribution in [0.1, 0.15) is 70.8 Å². The molecule has 0 saturated heterocycles. The third-order valence-electron chi connectivity index (χ3n) is 5.66. The van der Waals surface area contributed by atoms with Crippen LogP contribution >= 0.6 is 0 Å². The van der Waals surface area contributed by atoms with E-state index in [4.69, 9.17) is 24.7 Å². The summed E-state index contributed by atoms with van der Waals surface area (Å²) in [6.45, 7) is 12.1. The molecule has 44 heavy (non-hydrogen) atoms. The summed E-state index contributed by atoms with van der Waals surface area (Å²) in [6.07, 6.45) is -1.67. The Labute approximate surface area is 254 Å². The molecule has 236 valence electrons. The lowest BCUT2D eigenvalue weighted by Gasteiger charge is -2.23. The molecule has 3 aromatic rings. The van der Waals surface area contributed by atoms with Gasteiger partial charge in [-0.15, -0.1) is 0 Å². The Morgan fingerprint density at radius 1 is 0.886 bits per heavy atom. The molecule has 1 atom stereocenters. The summed E-state index contributed by atoms with van der Waals surface area (Å²) in [5, 5.41) is 2.68. The quantitative estimate of drug-likeness (QED) is 0.249. The number of ether oxygens (including phenoxy) is 4. The van der Waals surface area contributed by atoms with Crippen LogP contribution in [0.2, 0.25) is 0 Å². The van der Waals surface area contributed by atoms with E-state index >= 15 is 0 Å². The van der Waals surface area contributed by atoms with Crippen molar-refractivity contribution < 1.29 is 42.1 Å². The third kappa shape index (κ3) is 9.92. The van der Waals surface area contributed by atoms with Gasteiger partial charge in [-0.3, -0.25) is 4.79 Å². The highest BCUT2D eigenvalue weighted by molar-refractivity contribution is 5.94. The maximum absolute atomic E-state index is 14.8. The molecule has 1 unspecified atom stereocenters. The topological polar surface area (TPSA) is 139 Å². The first-order chi connectivity index (χ1) is 20.4. The lowest BCUT2D eigenvalue weighted by atomic mass is 10.0. The van der Waals surface area contributed by atoms with E-state index in [1.54, 1.807) is 72.7 Å². The Morgan fingerprint density at radius 3 is 2.16 bits per heavy atom. The van der Waals surface area contributed by atoms with Crippen LogP contribution in [-0.4, -0.2) is 40.3 Å². The Balaban J connectivity index is 1.90. The zero-order valence-electron chi connectivity index (χ0n) is 25.7. The van der Waals surface area contributed by atoms with Gasteiger partial charge in [-0.2, -0.15) is 4.98 Å². The second kappa shape index (κ2) is 13.7. The first-order valence-corrected chi connectivity index (χ1v) is 13.9. The normalized spacial score (nSPS) is 12.2. The maximum atomic E-state index is 14.8. The molecule has 3 N–H and O–H groups in total. The Morgan fingerprint density at radius 2 is 1.55 bits per heavy atom. The number of alkyl carbamates (subject to hydrolysis) is 1. The molecule has 12 heteroatoms. The number of pyridine rings is 1. The Hall–Kier alpha value is -4.74. The number of hydrogen-bond donors (Lipinski definition) is 2. The molecule has 1 aromatic heterocycles. The molecule has 0 aliphatic heterocycles. The first kappa shape index (κ1) is 33.8. The first-order valence-electron chi connectivity index (χ1n) is 13.9. The molecule has 0 aliphatic carbocycles. The van der Waals surface area contributed by atoms with Crippen molar-refractivity contribution in [1.82, 2.24) is 10.3 Å². The molecule has 0 bridgehead atoms. The predicted octanol–water partition coefficient (Wildman–Crippen LogP) is 6.44. The van der Waals surface area contributed by atoms with Crippen molar-refractivity contribution in [3.8, 4) is 28.6 Å². The van der Waals surface area contributed by atoms with E-state index in [0.717, 1.165) is 5.56 Å². The van der Waals surface area contributed by atoms with Gasteiger partial charge in [0, 0.05) is 18.2 Å². The molecule has 0 spiro atoms. The molecule has 0 aliphatic rings. The summed E-state index contributed by atoms with van der Waals surface area (Å²) >= 11 is 0. The number of rotatable bonds is 10. The average Bonchev–Trinajstić information content (AvgIpc) is 2.90. The number of carbonyl (C=O) groups is 3. The minimum atomic E-state index is -1.21. The van der Waals surface area contributed by atoms with Gasteiger partial charge in [0.25, 0.3) is 11.8 Å². The largest absolute Gasteiger partial charge is 0.460 e. The van der Waals surface area contributed by atoms with Gasteiger partial charge in [0.15, 0.2) is 17.7 Å². The number of benzene rings is 2. The number of amides is 2. The second-order valence-corrected chi connectivity index (χ2v) is 11.9. The van der Waals surface area contributed by atoms with Crippen molar-refractivity contribution >= 4 is 18.0 Å². The zero-order chi connectivity index (χ0) is 32.8. The van der Waals surface area contributed by atoms with E-state index in [-0.39, 0.29) is 24.3 Å². The van der Waals surface area contributed by atoms with Crippen molar-refractivity contribution in [2.24, 2.45) is 5.73 Å². The summed E-state index contributed by atoms with van der Waals surface area (Å²) in [7, 11) is 0. The maximum Gasteiger partial charge on any atom is 0.407 e. The minimum absolute atomic E-state index is 0.0308. The van der Waals surface area contributed by atoms with E-state index in [9.17, 15) is 23.2 Å². The predicted molar refractivity (Wildman–Crippen MR) is 158 cm³/mol. The number of esters is 1. The molecular formula is C32H37F2N3O7. The van der Waals surface area contributed by atoms with Gasteiger partial charge in [0.1, 0.15) is 17.0 Å². The highest BCUT2D eigenvalue weighted by Crippen LogP contribution is 2.32. The van der Waals surface area contributed by atoms with Crippen LogP contribution in [0.5, 0.6) is 17.5 Å². The fourth-order valence-corrected chi connectivity index (χ4v) is 3.82. The van der Waals surface area contributed by atoms with Crippen molar-refractivity contribution in [3.05, 3.63) is 71.3 Å². The number of nitrogens with two attached hydrogens (primary N) is 1. The van der Waals surface area contributed by atoms with Gasteiger partial charge >= 0.3 is 12.1 Å². The highest BCUT2D eigenvalue weighted by atomic mass is 19.1. The van der Waals surface area contributed by atoms with Crippen LogP contribution in [0.3, 0.4) is 0 Å². The third-order valence-corrected chi connectivity index (χ3v) is 5.66. The van der Waals surface area contributed by atoms with E-state index in [1.165, 1.54) is 18.2 Å². The molecule has 0 radical (unpaired) electrons. The van der Waals surface area contributed by atoms with Crippen molar-refractivity contribution in [1.29, 1.82) is 0 Å². The van der Waals surface area contributed by atoms with Crippen LogP contribution in [0.25, 0.3) is 11.1 Å². The van der Waals surface area contributed by atoms with E-state index < -0.39 is 58.7 Å². The number of halogens is 2. The molecular weight excluding hydrogens is 576 g/mol. The summed E-state index contributed by atoms with van der Waals surface area (Å²) in [4.78, 5) is 40.5. The Kier molecular flexibility index (Phi) is 10.5. The monoisotopic (exact) mass is 613 g/mol. The molecule has 10 nitrogen and oxygen atoms in total. The van der Waals surface area contributed by atoms with Crippen molar-refractivity contribution in [3.63, 3.8) is 0 Å². The smallest absolute Gasteiger partial charge is 0.407 e. The van der Waals surface area contributed by atoms with Crippen molar-refractivity contribution in [2.45, 2.75) is 78.7 Å². The summed E-state index contributed by atoms with van der Waals surface area (Å²) in [6, 6.07) is 11.9. The molecule has 2 amide bonds. The number of primary amides is 1. The van der Waals surface area contributed by atoms with Crippen LogP contribution in [0, 0.1) is 11.6 Å². The average molecular weight is 614 g/mol. The summed E-state index contributed by atoms with van der Waals surface area (Å²) < 4.78 is 51.1. The summed E-state index contributed by atoms with van der Waals surface area (Å²) in [5.41, 5.74) is 5.95. The highest BCUT2D eigenvalue weighted by Gasteiger charge is 2.28. The molecule has 0 saturated carbocycles. The van der Waals surface area contributed by atoms with Gasteiger partial charge in [0.05, 0.1) is 0 Å². The number of aromatic nitrogens is 1. The fraction of sp³-hybridized carbons (Fsp3) is 0.375. The lowest BCUT2D eigenvalue weighted by Crippen LogP contribution is -2.35. The molecule has 0 fully saturated rings. The standard InChI is InChI=1S/C32H37F2N3O7/c1-8-25(29(39)43-31(2,3)4)42-28-24(34)16-23(33)27(37-28)41-22-14-20(13-21(15-22)26(35)38)19-11-9-10-18(12-19)17-36-30(40)44-32(5,6)7/h9-16,25H,8,17H2,1-7H3,(H2,35,38)(H,36,40). The minimum Gasteiger partial charge on any atom is -0.460 e. The van der Waals surface area contributed by atoms with Crippen LogP contribution in [-0.2, 0) is 20.8 Å². The zero-order valence-corrected chi connectivity index (χ0v) is 25.7. The van der Waals surface area contributed by atoms with E-state index in [0.29, 0.717) is 17.2 Å². The Bertz CT molecular complexity index is 1530. The molecule has 2 aromatic carbocycles. The van der Waals surface area contributed by atoms with Gasteiger partial charge in [0.2, 0.25) is 5.91 Å². The molecule has 3 rings (SSSR count). The molecule has 1 heterocycles. The number of nitrogens with zero attached hydrogens (tertiary/aromatic N) is 1. The number of carbonyl (C=O) groups excluding carboxylic acids is 3. The van der Waals surface area contributed by atoms with Crippen molar-refractivity contribution in [2.75, 3.05) is 0 Å². The van der Waals surface area contributed by atoms with Gasteiger partial charge in [-0.1, -0.05) is 25.1 Å². The van der Waals surface area contributed by atoms with Gasteiger partial charge in [-0.05, 0) is 88.9 Å². The van der Waals surface area contributed by atoms with Crippen LogP contribution in [0.15, 0.2) is 48.5 Å². The lowest BCUT2D eigenvalue weighted by molar-refractivity contribution is -0.163. The van der Waals surface area contributed by atoms with E-state index in [2.05, 4.69) is 10.3 Å². The number of nitrogens with one attached hydrogen (secondary N) is 1. The SMILES string of the molecule is CCC(Oc1nc(Oc2cc(C(N)=O)cc(-c3cccc(CNC(=O)OC(C)(C)C)c3)c2)c(F)cc1F)C(=O)OC(C)(C)C. The van der Waals surface area contributed by atoms with Gasteiger partial charge < -0.3 is 30.0 Å². The van der Waals surface area contributed by atoms with Gasteiger partial charge in [-0.25, -0.2) is 18.4 Å². The fourth-order valence-electron chi connectivity index (χ4n) is 3.82. The van der Waals surface area contributed by atoms with E-state index in [1.807, 2.05) is 0 Å². The number of hydrogen-bond acceptors (Lipinski definition) is 8. The summed E-state index contributed by atoms with van der Waals surface area (Å²) in [5.74, 6) is -5.19. The van der Waals surface area contributed by atoms with Crippen LogP contribution in [0.4, 0.5) is 13.6 Å². The van der Waals surface area contributed by atoms with Crippen LogP contribution < -0.4 is 20.5 Å². The second-order valence-electron chi connectivity index (χ2n) is 11.9.